The summed E-state index contributed by atoms with van der Waals surface area (Å²) < 4.78 is 42.5. The van der Waals surface area contributed by atoms with Crippen molar-refractivity contribution in [2.45, 2.75) is 19.3 Å². The second-order valence-corrected chi connectivity index (χ2v) is 10.4. The number of nitrogens with zero attached hydrogens (tertiary/aromatic N) is 4. The molecule has 1 aliphatic rings. The van der Waals surface area contributed by atoms with E-state index in [9.17, 15) is 23.1 Å². The summed E-state index contributed by atoms with van der Waals surface area (Å²) in [6.07, 6.45) is -2.85. The van der Waals surface area contributed by atoms with Crippen LogP contribution in [0, 0.1) is 0 Å². The van der Waals surface area contributed by atoms with Crippen molar-refractivity contribution in [1.29, 1.82) is 0 Å². The number of aromatic nitrogens is 3. The van der Waals surface area contributed by atoms with Crippen LogP contribution in [0.3, 0.4) is 0 Å². The molecule has 0 radical (unpaired) electrons. The fourth-order valence-electron chi connectivity index (χ4n) is 4.37. The standard InChI is InChI=1S/C24H17Cl2F3N4O2S/c1-31-20(34)19(21(35)33-8-7-32(23(31)33)12-16-11-30-22(26)36-16)14-4-2-3-13(9-14)17-6-5-15(10-18(17)25)24(27,28)29/h2-6,9-11H,7-8,12H2,1H3. The molecule has 186 valence electrons. The first kappa shape index (κ1) is 24.6. The van der Waals surface area contributed by atoms with E-state index in [1.54, 1.807) is 42.1 Å². The maximum Gasteiger partial charge on any atom is 0.416 e. The van der Waals surface area contributed by atoms with Crippen molar-refractivity contribution < 1.29 is 22.8 Å². The number of benzene rings is 2. The van der Waals surface area contributed by atoms with Gasteiger partial charge in [0, 0.05) is 22.7 Å². The third-order valence-corrected chi connectivity index (χ3v) is 7.44. The molecule has 0 saturated carbocycles. The smallest absolute Gasteiger partial charge is 0.416 e. The molecule has 0 bridgehead atoms. The molecule has 0 aliphatic carbocycles. The predicted octanol–water partition coefficient (Wildman–Crippen LogP) is 4.88. The molecule has 6 nitrogen and oxygen atoms in total. The Bertz CT molecular complexity index is 1550. The van der Waals surface area contributed by atoms with Crippen LogP contribution in [0.1, 0.15) is 10.4 Å². The normalized spacial score (nSPS) is 13.3. The van der Waals surface area contributed by atoms with E-state index in [4.69, 9.17) is 23.2 Å². The predicted molar refractivity (Wildman–Crippen MR) is 130 cm³/mol. The molecule has 0 fully saturated rings. The number of alkyl halides is 3. The van der Waals surface area contributed by atoms with Crippen LogP contribution < -0.4 is 20.1 Å². The van der Waals surface area contributed by atoms with Crippen molar-refractivity contribution in [3.63, 3.8) is 0 Å². The van der Waals surface area contributed by atoms with Crippen LogP contribution in [-0.2, 0) is 26.3 Å². The third-order valence-electron chi connectivity index (χ3n) is 6.03. The molecule has 1 aliphatic heterocycles. The van der Waals surface area contributed by atoms with Gasteiger partial charge in [0.15, 0.2) is 4.47 Å². The van der Waals surface area contributed by atoms with E-state index >= 15 is 0 Å². The zero-order valence-corrected chi connectivity index (χ0v) is 21.0. The molecule has 36 heavy (non-hydrogen) atoms. The molecule has 0 N–H and O–H groups in total. The summed E-state index contributed by atoms with van der Waals surface area (Å²) in [5.74, 6) is 0.0105. The van der Waals surface area contributed by atoms with Gasteiger partial charge in [0.1, 0.15) is 13.1 Å². The molecule has 0 saturated heterocycles. The summed E-state index contributed by atoms with van der Waals surface area (Å²) in [5.41, 5.74) is -0.108. The quantitative estimate of drug-likeness (QED) is 0.338. The lowest BCUT2D eigenvalue weighted by molar-refractivity contribution is -0.705. The van der Waals surface area contributed by atoms with Gasteiger partial charge in [0.2, 0.25) is 0 Å². The molecule has 2 aromatic carbocycles. The fraction of sp³-hybridized carbons (Fsp3) is 0.208. The highest BCUT2D eigenvalue weighted by molar-refractivity contribution is 7.15. The molecule has 0 atom stereocenters. The van der Waals surface area contributed by atoms with Crippen molar-refractivity contribution in [2.24, 2.45) is 7.05 Å². The van der Waals surface area contributed by atoms with Gasteiger partial charge in [-0.25, -0.2) is 9.55 Å². The highest BCUT2D eigenvalue weighted by Crippen LogP contribution is 2.37. The minimum absolute atomic E-state index is 0.0196. The summed E-state index contributed by atoms with van der Waals surface area (Å²) in [4.78, 5) is 20.3. The number of anilines is 1. The summed E-state index contributed by atoms with van der Waals surface area (Å²) in [7, 11) is 1.60. The van der Waals surface area contributed by atoms with Crippen LogP contribution in [0.15, 0.2) is 53.5 Å². The molecular weight excluding hydrogens is 536 g/mol. The van der Waals surface area contributed by atoms with Crippen LogP contribution in [0.25, 0.3) is 22.3 Å². The second kappa shape index (κ2) is 9.10. The Kier molecular flexibility index (Phi) is 6.22. The monoisotopic (exact) mass is 552 g/mol. The van der Waals surface area contributed by atoms with E-state index < -0.39 is 23.2 Å². The lowest BCUT2D eigenvalue weighted by Gasteiger charge is -2.20. The van der Waals surface area contributed by atoms with Gasteiger partial charge in [-0.05, 0) is 29.3 Å². The Morgan fingerprint density at radius 3 is 2.56 bits per heavy atom. The van der Waals surface area contributed by atoms with Gasteiger partial charge in [-0.2, -0.15) is 17.7 Å². The SMILES string of the molecule is C[n+]1c([O-])c(-c2cccc(-c3ccc(C(F)(F)F)cc3Cl)c2)c(=O)n2c1N(Cc1cnc(Cl)s1)CC2. The van der Waals surface area contributed by atoms with E-state index in [0.717, 1.165) is 17.0 Å². The van der Waals surface area contributed by atoms with Gasteiger partial charge >= 0.3 is 17.7 Å². The summed E-state index contributed by atoms with van der Waals surface area (Å²) in [6, 6.07) is 9.59. The van der Waals surface area contributed by atoms with Crippen LogP contribution in [0.4, 0.5) is 19.1 Å². The Hall–Kier alpha value is -3.08. The first-order chi connectivity index (χ1) is 17.0. The topological polar surface area (TPSA) is 65.1 Å². The summed E-state index contributed by atoms with van der Waals surface area (Å²) >= 11 is 13.4. The van der Waals surface area contributed by atoms with E-state index in [-0.39, 0.29) is 10.6 Å². The van der Waals surface area contributed by atoms with Crippen molar-refractivity contribution in [3.05, 3.63) is 78.9 Å². The van der Waals surface area contributed by atoms with Crippen molar-refractivity contribution in [3.8, 4) is 28.1 Å². The van der Waals surface area contributed by atoms with Crippen molar-refractivity contribution in [1.82, 2.24) is 9.55 Å². The Balaban J connectivity index is 1.55. The number of rotatable bonds is 4. The van der Waals surface area contributed by atoms with Gasteiger partial charge in [0.05, 0.1) is 29.6 Å². The van der Waals surface area contributed by atoms with Crippen LogP contribution >= 0.6 is 34.5 Å². The zero-order chi connectivity index (χ0) is 25.8. The number of thiazole rings is 1. The average Bonchev–Trinajstić information content (AvgIpc) is 3.43. The highest BCUT2D eigenvalue weighted by atomic mass is 35.5. The number of hydrogen-bond acceptors (Lipinski definition) is 5. The molecule has 12 heteroatoms. The molecule has 4 aromatic rings. The lowest BCUT2D eigenvalue weighted by Crippen LogP contribution is -2.44. The van der Waals surface area contributed by atoms with E-state index in [1.165, 1.54) is 22.0 Å². The largest absolute Gasteiger partial charge is 0.848 e. The minimum atomic E-state index is -4.52. The van der Waals surface area contributed by atoms with E-state index in [2.05, 4.69) is 4.98 Å². The molecule has 0 unspecified atom stereocenters. The molecule has 0 amide bonds. The van der Waals surface area contributed by atoms with E-state index in [0.29, 0.717) is 46.7 Å². The maximum absolute atomic E-state index is 13.4. The van der Waals surface area contributed by atoms with Gasteiger partial charge in [-0.3, -0.25) is 9.69 Å². The van der Waals surface area contributed by atoms with Gasteiger partial charge in [0.25, 0.3) is 0 Å². The number of fused-ring (bicyclic) bond motifs is 1. The summed E-state index contributed by atoms with van der Waals surface area (Å²) in [6.45, 7) is 1.38. The molecule has 0 spiro atoms. The molecule has 3 heterocycles. The Labute approximate surface area is 217 Å². The van der Waals surface area contributed by atoms with Gasteiger partial charge < -0.3 is 5.11 Å². The average molecular weight is 553 g/mol. The lowest BCUT2D eigenvalue weighted by atomic mass is 9.99. The van der Waals surface area contributed by atoms with Gasteiger partial charge in [-0.1, -0.05) is 47.5 Å². The number of hydrogen-bond donors (Lipinski definition) is 0. The molecule has 2 aromatic heterocycles. The fourth-order valence-corrected chi connectivity index (χ4v) is 5.65. The van der Waals surface area contributed by atoms with Crippen molar-refractivity contribution >= 4 is 40.5 Å². The zero-order valence-electron chi connectivity index (χ0n) is 18.6. The third kappa shape index (κ3) is 4.33. The Morgan fingerprint density at radius 2 is 1.89 bits per heavy atom. The van der Waals surface area contributed by atoms with Crippen LogP contribution in [0.5, 0.6) is 5.88 Å². The maximum atomic E-state index is 13.4. The second-order valence-electron chi connectivity index (χ2n) is 8.27. The van der Waals surface area contributed by atoms with Gasteiger partial charge in [-0.15, -0.1) is 11.3 Å². The first-order valence-electron chi connectivity index (χ1n) is 10.7. The highest BCUT2D eigenvalue weighted by Gasteiger charge is 2.34. The molecular formula is C24H17Cl2F3N4O2S. The van der Waals surface area contributed by atoms with Crippen LogP contribution in [0.2, 0.25) is 9.49 Å². The minimum Gasteiger partial charge on any atom is -0.848 e. The Morgan fingerprint density at radius 1 is 1.14 bits per heavy atom. The number of halogens is 5. The van der Waals surface area contributed by atoms with Crippen molar-refractivity contribution in [2.75, 3.05) is 11.4 Å². The van der Waals surface area contributed by atoms with E-state index in [1.807, 2.05) is 4.90 Å². The van der Waals surface area contributed by atoms with Crippen LogP contribution in [-0.4, -0.2) is 16.1 Å². The first-order valence-corrected chi connectivity index (χ1v) is 12.3. The molecule has 5 rings (SSSR count). The summed E-state index contributed by atoms with van der Waals surface area (Å²) in [5, 5.41) is 13.3.